The van der Waals surface area contributed by atoms with Crippen LogP contribution in [0.3, 0.4) is 0 Å². The van der Waals surface area contributed by atoms with Crippen LogP contribution in [0.15, 0.2) is 42.5 Å². The van der Waals surface area contributed by atoms with Gasteiger partial charge in [-0.1, -0.05) is 18.2 Å². The summed E-state index contributed by atoms with van der Waals surface area (Å²) in [5, 5.41) is 1.27. The van der Waals surface area contributed by atoms with Gasteiger partial charge in [0.15, 0.2) is 0 Å². The Labute approximate surface area is 166 Å². The van der Waals surface area contributed by atoms with Crippen LogP contribution >= 0.6 is 0 Å². The molecule has 0 spiro atoms. The molecule has 0 bridgehead atoms. The maximum Gasteiger partial charge on any atom is 0.118 e. The van der Waals surface area contributed by atoms with Crippen molar-refractivity contribution < 1.29 is 4.74 Å². The molecular weight excluding hydrogens is 346 g/mol. The number of hydrogen-bond donors (Lipinski definition) is 1. The first-order valence-corrected chi connectivity index (χ1v) is 10.3. The highest BCUT2D eigenvalue weighted by molar-refractivity contribution is 5.97. The van der Waals surface area contributed by atoms with Crippen molar-refractivity contribution in [3.8, 4) is 16.9 Å². The normalized spacial score (nSPS) is 19.1. The van der Waals surface area contributed by atoms with Crippen LogP contribution in [0.4, 0.5) is 5.69 Å². The zero-order valence-electron chi connectivity index (χ0n) is 16.4. The lowest BCUT2D eigenvalue weighted by atomic mass is 9.91. The summed E-state index contributed by atoms with van der Waals surface area (Å²) >= 11 is 0. The number of fused-ring (bicyclic) bond motifs is 2. The van der Waals surface area contributed by atoms with Crippen LogP contribution in [0.25, 0.3) is 22.0 Å². The lowest BCUT2D eigenvalue weighted by molar-refractivity contribution is 0.415. The fraction of sp³-hybridized carbons (Fsp3) is 0.375. The standard InChI is InChI=1S/C24H27N3O/c1-28-19-9-6-16(7-10-19)17-8-11-23-21(14-17)24(27-13-12-18(25)15-27)20-4-2-3-5-22(20)26-23/h6-11,14,18H,2-5,12-13,15,25H2,1H3/t18-/m0/s1. The van der Waals surface area contributed by atoms with Crippen molar-refractivity contribution in [2.45, 2.75) is 38.1 Å². The van der Waals surface area contributed by atoms with Crippen LogP contribution in [-0.2, 0) is 12.8 Å². The molecule has 1 aliphatic heterocycles. The van der Waals surface area contributed by atoms with Gasteiger partial charge in [0.2, 0.25) is 0 Å². The number of methoxy groups -OCH3 is 1. The van der Waals surface area contributed by atoms with E-state index in [2.05, 4.69) is 35.2 Å². The second-order valence-corrected chi connectivity index (χ2v) is 8.05. The van der Waals surface area contributed by atoms with E-state index in [1.165, 1.54) is 46.3 Å². The van der Waals surface area contributed by atoms with E-state index in [-0.39, 0.29) is 6.04 Å². The number of aryl methyl sites for hydroxylation is 1. The molecule has 2 aromatic carbocycles. The molecule has 28 heavy (non-hydrogen) atoms. The van der Waals surface area contributed by atoms with Crippen molar-refractivity contribution in [2.75, 3.05) is 25.1 Å². The molecule has 2 N–H and O–H groups in total. The van der Waals surface area contributed by atoms with Crippen molar-refractivity contribution in [1.29, 1.82) is 0 Å². The van der Waals surface area contributed by atoms with E-state index in [0.717, 1.165) is 43.6 Å². The molecule has 4 nitrogen and oxygen atoms in total. The Morgan fingerprint density at radius 3 is 2.57 bits per heavy atom. The van der Waals surface area contributed by atoms with E-state index in [4.69, 9.17) is 15.5 Å². The molecule has 1 fully saturated rings. The largest absolute Gasteiger partial charge is 0.497 e. The van der Waals surface area contributed by atoms with Gasteiger partial charge in [0, 0.05) is 30.2 Å². The molecule has 1 atom stereocenters. The molecule has 1 aliphatic carbocycles. The number of ether oxygens (including phenoxy) is 1. The average Bonchev–Trinajstić information content (AvgIpc) is 3.17. The second kappa shape index (κ2) is 7.10. The molecule has 0 unspecified atom stereocenters. The Bertz CT molecular complexity index is 1010. The highest BCUT2D eigenvalue weighted by Gasteiger charge is 2.26. The summed E-state index contributed by atoms with van der Waals surface area (Å²) in [7, 11) is 1.70. The van der Waals surface area contributed by atoms with Gasteiger partial charge in [0.25, 0.3) is 0 Å². The molecule has 5 rings (SSSR count). The summed E-state index contributed by atoms with van der Waals surface area (Å²) in [4.78, 5) is 7.56. The Morgan fingerprint density at radius 2 is 1.82 bits per heavy atom. The quantitative estimate of drug-likeness (QED) is 0.743. The first-order valence-electron chi connectivity index (χ1n) is 10.3. The SMILES string of the molecule is COc1ccc(-c2ccc3nc4c(c(N5CC[C@H](N)C5)c3c2)CCCC4)cc1. The molecule has 0 amide bonds. The van der Waals surface area contributed by atoms with Crippen LogP contribution in [0.1, 0.15) is 30.5 Å². The monoisotopic (exact) mass is 373 g/mol. The lowest BCUT2D eigenvalue weighted by Crippen LogP contribution is -2.28. The van der Waals surface area contributed by atoms with Gasteiger partial charge in [-0.15, -0.1) is 0 Å². The molecule has 2 aliphatic rings. The third-order valence-corrected chi connectivity index (χ3v) is 6.20. The highest BCUT2D eigenvalue weighted by Crippen LogP contribution is 2.39. The zero-order chi connectivity index (χ0) is 19.1. The van der Waals surface area contributed by atoms with E-state index in [1.54, 1.807) is 7.11 Å². The number of benzene rings is 2. The summed E-state index contributed by atoms with van der Waals surface area (Å²) in [6.45, 7) is 1.98. The molecule has 2 heterocycles. The molecule has 0 saturated carbocycles. The first-order chi connectivity index (χ1) is 13.7. The minimum atomic E-state index is 0.271. The Balaban J connectivity index is 1.68. The van der Waals surface area contributed by atoms with Crippen molar-refractivity contribution in [2.24, 2.45) is 5.73 Å². The number of rotatable bonds is 3. The molecule has 1 aromatic heterocycles. The van der Waals surface area contributed by atoms with Gasteiger partial charge in [-0.05, 0) is 73.1 Å². The number of pyridine rings is 1. The van der Waals surface area contributed by atoms with Crippen molar-refractivity contribution in [3.63, 3.8) is 0 Å². The van der Waals surface area contributed by atoms with Gasteiger partial charge in [0.05, 0.1) is 18.3 Å². The molecular formula is C24H27N3O. The Hall–Kier alpha value is -2.59. The maximum atomic E-state index is 6.26. The average molecular weight is 374 g/mol. The van der Waals surface area contributed by atoms with Crippen molar-refractivity contribution in [1.82, 2.24) is 4.98 Å². The fourth-order valence-electron chi connectivity index (χ4n) is 4.71. The van der Waals surface area contributed by atoms with E-state index >= 15 is 0 Å². The summed E-state index contributed by atoms with van der Waals surface area (Å²) in [5.41, 5.74) is 13.9. The number of hydrogen-bond acceptors (Lipinski definition) is 4. The molecule has 4 heteroatoms. The van der Waals surface area contributed by atoms with Crippen molar-refractivity contribution >= 4 is 16.6 Å². The summed E-state index contributed by atoms with van der Waals surface area (Å²) < 4.78 is 5.31. The molecule has 1 saturated heterocycles. The van der Waals surface area contributed by atoms with Crippen LogP contribution < -0.4 is 15.4 Å². The topological polar surface area (TPSA) is 51.4 Å². The van der Waals surface area contributed by atoms with Gasteiger partial charge in [-0.3, -0.25) is 4.98 Å². The minimum Gasteiger partial charge on any atom is -0.497 e. The first kappa shape index (κ1) is 17.5. The third-order valence-electron chi connectivity index (χ3n) is 6.20. The summed E-state index contributed by atoms with van der Waals surface area (Å²) in [6.07, 6.45) is 5.79. The number of nitrogens with zero attached hydrogens (tertiary/aromatic N) is 2. The molecule has 3 aromatic rings. The number of nitrogens with two attached hydrogens (primary N) is 1. The predicted molar refractivity (Wildman–Crippen MR) is 115 cm³/mol. The summed E-state index contributed by atoms with van der Waals surface area (Å²) in [6, 6.07) is 15.2. The van der Waals surface area contributed by atoms with Crippen molar-refractivity contribution in [3.05, 3.63) is 53.7 Å². The number of aromatic nitrogens is 1. The van der Waals surface area contributed by atoms with Gasteiger partial charge < -0.3 is 15.4 Å². The fourth-order valence-corrected chi connectivity index (χ4v) is 4.71. The second-order valence-electron chi connectivity index (χ2n) is 8.05. The van der Waals surface area contributed by atoms with E-state index < -0.39 is 0 Å². The Morgan fingerprint density at radius 1 is 1.04 bits per heavy atom. The van der Waals surface area contributed by atoms with Crippen LogP contribution in [0, 0.1) is 0 Å². The highest BCUT2D eigenvalue weighted by atomic mass is 16.5. The minimum absolute atomic E-state index is 0.271. The van der Waals surface area contributed by atoms with Crippen LogP contribution in [-0.4, -0.2) is 31.2 Å². The maximum absolute atomic E-state index is 6.26. The van der Waals surface area contributed by atoms with E-state index in [1.807, 2.05) is 12.1 Å². The predicted octanol–water partition coefficient (Wildman–Crippen LogP) is 4.33. The van der Waals surface area contributed by atoms with Gasteiger partial charge in [-0.25, -0.2) is 0 Å². The van der Waals surface area contributed by atoms with Gasteiger partial charge in [0.1, 0.15) is 5.75 Å². The molecule has 144 valence electrons. The number of anilines is 1. The van der Waals surface area contributed by atoms with Gasteiger partial charge in [-0.2, -0.15) is 0 Å². The van der Waals surface area contributed by atoms with E-state index in [9.17, 15) is 0 Å². The summed E-state index contributed by atoms with van der Waals surface area (Å²) in [5.74, 6) is 0.881. The molecule has 0 radical (unpaired) electrons. The van der Waals surface area contributed by atoms with Crippen LogP contribution in [0.5, 0.6) is 5.75 Å². The zero-order valence-corrected chi connectivity index (χ0v) is 16.4. The van der Waals surface area contributed by atoms with E-state index in [0.29, 0.717) is 0 Å². The Kier molecular flexibility index (Phi) is 4.44. The lowest BCUT2D eigenvalue weighted by Gasteiger charge is -2.28. The van der Waals surface area contributed by atoms with Crippen LogP contribution in [0.2, 0.25) is 0 Å². The van der Waals surface area contributed by atoms with Gasteiger partial charge >= 0.3 is 0 Å². The third kappa shape index (κ3) is 3.02. The smallest absolute Gasteiger partial charge is 0.118 e.